The molecule has 0 bridgehead atoms. The van der Waals surface area contributed by atoms with E-state index in [9.17, 15) is 5.11 Å². The molecule has 0 unspecified atom stereocenters. The number of phenolic OH excluding ortho intramolecular Hbond substituents is 1. The van der Waals surface area contributed by atoms with E-state index in [4.69, 9.17) is 4.42 Å². The molecule has 1 N–H and O–H groups in total. The Labute approximate surface area is 136 Å². The fraction of sp³-hybridized carbons (Fsp3) is 0.200. The second kappa shape index (κ2) is 7.16. The average molecular weight is 307 g/mol. The van der Waals surface area contributed by atoms with Crippen molar-refractivity contribution in [2.24, 2.45) is 0 Å². The lowest BCUT2D eigenvalue weighted by atomic mass is 10.1. The third-order valence-corrected chi connectivity index (χ3v) is 3.83. The van der Waals surface area contributed by atoms with E-state index >= 15 is 0 Å². The molecule has 0 aliphatic rings. The first-order chi connectivity index (χ1) is 11.2. The van der Waals surface area contributed by atoms with Crippen LogP contribution in [0.25, 0.3) is 0 Å². The van der Waals surface area contributed by atoms with Gasteiger partial charge >= 0.3 is 0 Å². The van der Waals surface area contributed by atoms with E-state index in [0.717, 1.165) is 17.9 Å². The maximum atomic E-state index is 10.0. The summed E-state index contributed by atoms with van der Waals surface area (Å²) in [6, 6.07) is 19.9. The zero-order valence-corrected chi connectivity index (χ0v) is 13.3. The zero-order chi connectivity index (χ0) is 16.1. The molecule has 0 fully saturated rings. The van der Waals surface area contributed by atoms with E-state index in [1.54, 1.807) is 12.3 Å². The van der Waals surface area contributed by atoms with Crippen molar-refractivity contribution in [2.45, 2.75) is 26.6 Å². The standard InChI is InChI=1S/C20H21NO2/c1-16-6-4-7-17(12-16)13-21(15-19-9-5-11-23-19)14-18-8-2-3-10-20(18)22/h2-12,22H,13-15H2,1H3. The number of aryl methyl sites for hydroxylation is 1. The number of rotatable bonds is 6. The first-order valence-corrected chi connectivity index (χ1v) is 7.78. The summed E-state index contributed by atoms with van der Waals surface area (Å²) < 4.78 is 5.49. The van der Waals surface area contributed by atoms with Gasteiger partial charge in [0, 0.05) is 18.7 Å². The highest BCUT2D eigenvalue weighted by atomic mass is 16.3. The van der Waals surface area contributed by atoms with Crippen LogP contribution >= 0.6 is 0 Å². The van der Waals surface area contributed by atoms with Gasteiger partial charge in [0.05, 0.1) is 12.8 Å². The summed E-state index contributed by atoms with van der Waals surface area (Å²) in [5.74, 6) is 1.26. The van der Waals surface area contributed by atoms with E-state index in [0.29, 0.717) is 18.8 Å². The SMILES string of the molecule is Cc1cccc(CN(Cc2ccco2)Cc2ccccc2O)c1. The van der Waals surface area contributed by atoms with Crippen molar-refractivity contribution in [1.29, 1.82) is 0 Å². The lowest BCUT2D eigenvalue weighted by molar-refractivity contribution is 0.224. The van der Waals surface area contributed by atoms with E-state index in [2.05, 4.69) is 36.1 Å². The molecule has 3 rings (SSSR count). The topological polar surface area (TPSA) is 36.6 Å². The molecular formula is C20H21NO2. The number of furan rings is 1. The van der Waals surface area contributed by atoms with Crippen molar-refractivity contribution in [1.82, 2.24) is 4.90 Å². The second-order valence-electron chi connectivity index (χ2n) is 5.84. The molecule has 1 aromatic heterocycles. The van der Waals surface area contributed by atoms with Gasteiger partial charge in [0.15, 0.2) is 0 Å². The van der Waals surface area contributed by atoms with Gasteiger partial charge in [0.25, 0.3) is 0 Å². The van der Waals surface area contributed by atoms with Crippen LogP contribution in [0.5, 0.6) is 5.75 Å². The summed E-state index contributed by atoms with van der Waals surface area (Å²) >= 11 is 0. The Morgan fingerprint density at radius 1 is 0.913 bits per heavy atom. The quantitative estimate of drug-likeness (QED) is 0.728. The van der Waals surface area contributed by atoms with E-state index < -0.39 is 0 Å². The molecule has 118 valence electrons. The minimum absolute atomic E-state index is 0.334. The lowest BCUT2D eigenvalue weighted by Gasteiger charge is -2.22. The molecule has 3 heteroatoms. The summed E-state index contributed by atoms with van der Waals surface area (Å²) in [7, 11) is 0. The van der Waals surface area contributed by atoms with E-state index in [1.807, 2.05) is 30.3 Å². The highest BCUT2D eigenvalue weighted by Gasteiger charge is 2.12. The molecule has 0 radical (unpaired) electrons. The molecule has 1 heterocycles. The fourth-order valence-corrected chi connectivity index (χ4v) is 2.74. The minimum Gasteiger partial charge on any atom is -0.508 e. The van der Waals surface area contributed by atoms with Crippen LogP contribution in [0, 0.1) is 6.92 Å². The van der Waals surface area contributed by atoms with Crippen LogP contribution in [-0.2, 0) is 19.6 Å². The molecule has 3 nitrogen and oxygen atoms in total. The van der Waals surface area contributed by atoms with Crippen LogP contribution in [0.4, 0.5) is 0 Å². The Morgan fingerprint density at radius 3 is 2.52 bits per heavy atom. The molecule has 0 atom stereocenters. The summed E-state index contributed by atoms with van der Waals surface area (Å²) in [5, 5.41) is 10.0. The number of nitrogens with zero attached hydrogens (tertiary/aromatic N) is 1. The first-order valence-electron chi connectivity index (χ1n) is 7.78. The smallest absolute Gasteiger partial charge is 0.120 e. The van der Waals surface area contributed by atoms with Gasteiger partial charge < -0.3 is 9.52 Å². The van der Waals surface area contributed by atoms with Crippen molar-refractivity contribution in [3.05, 3.63) is 89.4 Å². The molecule has 3 aromatic rings. The van der Waals surface area contributed by atoms with Gasteiger partial charge in [-0.2, -0.15) is 0 Å². The molecule has 0 spiro atoms. The Morgan fingerprint density at radius 2 is 1.78 bits per heavy atom. The third-order valence-electron chi connectivity index (χ3n) is 3.83. The van der Waals surface area contributed by atoms with Crippen molar-refractivity contribution >= 4 is 0 Å². The van der Waals surface area contributed by atoms with Gasteiger partial charge in [-0.25, -0.2) is 0 Å². The summed E-state index contributed by atoms with van der Waals surface area (Å²) in [5.41, 5.74) is 3.43. The predicted molar refractivity (Wildman–Crippen MR) is 90.9 cm³/mol. The molecule has 2 aromatic carbocycles. The molecule has 0 saturated heterocycles. The Kier molecular flexibility index (Phi) is 4.79. The van der Waals surface area contributed by atoms with Crippen molar-refractivity contribution < 1.29 is 9.52 Å². The highest BCUT2D eigenvalue weighted by molar-refractivity contribution is 5.32. The summed E-state index contributed by atoms with van der Waals surface area (Å²) in [6.07, 6.45) is 1.69. The minimum atomic E-state index is 0.334. The number of hydrogen-bond acceptors (Lipinski definition) is 3. The van der Waals surface area contributed by atoms with Gasteiger partial charge in [0.1, 0.15) is 11.5 Å². The average Bonchev–Trinajstić information content (AvgIpc) is 3.02. The fourth-order valence-electron chi connectivity index (χ4n) is 2.74. The van der Waals surface area contributed by atoms with E-state index in [-0.39, 0.29) is 0 Å². The van der Waals surface area contributed by atoms with Gasteiger partial charge in [-0.15, -0.1) is 0 Å². The first kappa shape index (κ1) is 15.4. The zero-order valence-electron chi connectivity index (χ0n) is 13.3. The number of aromatic hydroxyl groups is 1. The van der Waals surface area contributed by atoms with Gasteiger partial charge in [-0.1, -0.05) is 48.0 Å². The van der Waals surface area contributed by atoms with Crippen LogP contribution in [0.3, 0.4) is 0 Å². The van der Waals surface area contributed by atoms with Gasteiger partial charge in [-0.05, 0) is 30.7 Å². The Bertz CT molecular complexity index is 750. The van der Waals surface area contributed by atoms with Crippen LogP contribution in [0.1, 0.15) is 22.5 Å². The Hall–Kier alpha value is -2.52. The van der Waals surface area contributed by atoms with Gasteiger partial charge in [0.2, 0.25) is 0 Å². The molecule has 0 amide bonds. The largest absolute Gasteiger partial charge is 0.508 e. The van der Waals surface area contributed by atoms with Crippen molar-refractivity contribution in [2.75, 3.05) is 0 Å². The maximum Gasteiger partial charge on any atom is 0.120 e. The molecule has 0 aliphatic carbocycles. The normalized spacial score (nSPS) is 11.0. The van der Waals surface area contributed by atoms with Crippen LogP contribution in [0.15, 0.2) is 71.3 Å². The number of hydrogen-bond donors (Lipinski definition) is 1. The van der Waals surface area contributed by atoms with Crippen LogP contribution in [0.2, 0.25) is 0 Å². The monoisotopic (exact) mass is 307 g/mol. The summed E-state index contributed by atoms with van der Waals surface area (Å²) in [6.45, 7) is 4.27. The summed E-state index contributed by atoms with van der Waals surface area (Å²) in [4.78, 5) is 2.27. The molecular weight excluding hydrogens is 286 g/mol. The molecule has 0 aliphatic heterocycles. The predicted octanol–water partition coefficient (Wildman–Crippen LogP) is 4.50. The van der Waals surface area contributed by atoms with Crippen LogP contribution < -0.4 is 0 Å². The van der Waals surface area contributed by atoms with Crippen molar-refractivity contribution in [3.63, 3.8) is 0 Å². The highest BCUT2D eigenvalue weighted by Crippen LogP contribution is 2.21. The maximum absolute atomic E-state index is 10.0. The Balaban J connectivity index is 1.80. The lowest BCUT2D eigenvalue weighted by Crippen LogP contribution is -2.22. The molecule has 0 saturated carbocycles. The van der Waals surface area contributed by atoms with Gasteiger partial charge in [-0.3, -0.25) is 4.90 Å². The second-order valence-corrected chi connectivity index (χ2v) is 5.84. The number of para-hydroxylation sites is 1. The molecule has 23 heavy (non-hydrogen) atoms. The number of phenols is 1. The van der Waals surface area contributed by atoms with Crippen LogP contribution in [-0.4, -0.2) is 10.0 Å². The third kappa shape index (κ3) is 4.24. The van der Waals surface area contributed by atoms with E-state index in [1.165, 1.54) is 11.1 Å². The number of benzene rings is 2. The van der Waals surface area contributed by atoms with Crippen molar-refractivity contribution in [3.8, 4) is 5.75 Å².